The predicted octanol–water partition coefficient (Wildman–Crippen LogP) is 0.516. The van der Waals surface area contributed by atoms with E-state index in [-0.39, 0.29) is 0 Å². The summed E-state index contributed by atoms with van der Waals surface area (Å²) in [4.78, 5) is 10.6. The lowest BCUT2D eigenvalue weighted by Gasteiger charge is -2.32. The van der Waals surface area contributed by atoms with Crippen molar-refractivity contribution in [1.29, 1.82) is 0 Å². The molecule has 106 valence electrons. The molecular weight excluding hydrogens is 288 g/mol. The highest BCUT2D eigenvalue weighted by atomic mass is 35.5. The third kappa shape index (κ3) is 4.10. The van der Waals surface area contributed by atoms with Gasteiger partial charge in [0.05, 0.1) is 12.8 Å². The van der Waals surface area contributed by atoms with Crippen molar-refractivity contribution >= 4 is 21.6 Å². The van der Waals surface area contributed by atoms with Gasteiger partial charge in [0.25, 0.3) is 0 Å². The minimum absolute atomic E-state index is 0.442. The summed E-state index contributed by atoms with van der Waals surface area (Å²) in [5.74, 6) is 0.679. The minimum atomic E-state index is -3.08. The van der Waals surface area contributed by atoms with E-state index in [1.54, 1.807) is 6.07 Å². The number of sulfonamides is 1. The van der Waals surface area contributed by atoms with Crippen molar-refractivity contribution in [3.63, 3.8) is 0 Å². The highest BCUT2D eigenvalue weighted by Crippen LogP contribution is 2.11. The van der Waals surface area contributed by atoms with Gasteiger partial charge in [0.1, 0.15) is 11.0 Å². The smallest absolute Gasteiger partial charge is 0.211 e. The zero-order valence-corrected chi connectivity index (χ0v) is 12.6. The first kappa shape index (κ1) is 14.6. The molecule has 0 N–H and O–H groups in total. The molecule has 0 spiro atoms. The zero-order chi connectivity index (χ0) is 14.0. The maximum atomic E-state index is 11.4. The van der Waals surface area contributed by atoms with E-state index in [2.05, 4.69) is 14.9 Å². The monoisotopic (exact) mass is 304 g/mol. The highest BCUT2D eigenvalue weighted by Gasteiger charge is 2.23. The topological polar surface area (TPSA) is 66.4 Å². The van der Waals surface area contributed by atoms with E-state index in [1.165, 1.54) is 10.6 Å². The molecule has 8 heteroatoms. The first-order valence-corrected chi connectivity index (χ1v) is 8.25. The quantitative estimate of drug-likeness (QED) is 0.762. The maximum absolute atomic E-state index is 11.4. The summed E-state index contributed by atoms with van der Waals surface area (Å²) in [6.45, 7) is 4.86. The molecule has 0 aliphatic carbocycles. The van der Waals surface area contributed by atoms with Crippen molar-refractivity contribution in [1.82, 2.24) is 19.2 Å². The number of aryl methyl sites for hydroxylation is 1. The van der Waals surface area contributed by atoms with E-state index >= 15 is 0 Å². The number of hydrogen-bond donors (Lipinski definition) is 0. The van der Waals surface area contributed by atoms with Gasteiger partial charge in [0.15, 0.2) is 0 Å². The Morgan fingerprint density at radius 1 is 1.26 bits per heavy atom. The lowest BCUT2D eigenvalue weighted by atomic mass is 10.3. The van der Waals surface area contributed by atoms with Gasteiger partial charge in [-0.25, -0.2) is 18.4 Å². The van der Waals surface area contributed by atoms with Crippen LogP contribution in [0.15, 0.2) is 6.07 Å². The summed E-state index contributed by atoms with van der Waals surface area (Å²) < 4.78 is 24.3. The van der Waals surface area contributed by atoms with E-state index in [0.717, 1.165) is 5.69 Å². The number of piperazine rings is 1. The molecule has 1 aliphatic heterocycles. The van der Waals surface area contributed by atoms with Crippen molar-refractivity contribution < 1.29 is 8.42 Å². The average molecular weight is 305 g/mol. The van der Waals surface area contributed by atoms with Crippen molar-refractivity contribution in [2.24, 2.45) is 0 Å². The van der Waals surface area contributed by atoms with Crippen LogP contribution in [0.2, 0.25) is 5.15 Å². The van der Waals surface area contributed by atoms with Crippen molar-refractivity contribution in [2.75, 3.05) is 32.4 Å². The molecule has 0 bridgehead atoms. The molecule has 0 unspecified atom stereocenters. The van der Waals surface area contributed by atoms with Gasteiger partial charge in [0.2, 0.25) is 10.0 Å². The third-order valence-corrected chi connectivity index (χ3v) is 4.53. The number of halogens is 1. The van der Waals surface area contributed by atoms with Gasteiger partial charge in [-0.3, -0.25) is 4.90 Å². The Morgan fingerprint density at radius 3 is 2.42 bits per heavy atom. The summed E-state index contributed by atoms with van der Waals surface area (Å²) in [5.41, 5.74) is 0.838. The van der Waals surface area contributed by atoms with Crippen molar-refractivity contribution in [2.45, 2.75) is 13.5 Å². The van der Waals surface area contributed by atoms with Crippen LogP contribution in [0, 0.1) is 6.92 Å². The standard InChI is InChI=1S/C11H17ClN4O2S/c1-9-7-10(12)14-11(13-9)8-15-3-5-16(6-4-15)19(2,17)18/h7H,3-6,8H2,1-2H3. The molecule has 0 radical (unpaired) electrons. The molecule has 1 aromatic heterocycles. The third-order valence-electron chi connectivity index (χ3n) is 3.03. The van der Waals surface area contributed by atoms with Crippen LogP contribution in [0.25, 0.3) is 0 Å². The van der Waals surface area contributed by atoms with Crippen LogP contribution in [-0.4, -0.2) is 60.0 Å². The zero-order valence-electron chi connectivity index (χ0n) is 11.0. The van der Waals surface area contributed by atoms with Gasteiger partial charge >= 0.3 is 0 Å². The van der Waals surface area contributed by atoms with Gasteiger partial charge < -0.3 is 0 Å². The summed E-state index contributed by atoms with van der Waals surface area (Å²) in [6, 6.07) is 1.71. The Hall–Kier alpha value is -0.760. The van der Waals surface area contributed by atoms with Crippen molar-refractivity contribution in [3.8, 4) is 0 Å². The molecule has 1 aromatic rings. The van der Waals surface area contributed by atoms with Crippen LogP contribution in [0.4, 0.5) is 0 Å². The number of aromatic nitrogens is 2. The molecule has 0 atom stereocenters. The van der Waals surface area contributed by atoms with Crippen LogP contribution in [0.5, 0.6) is 0 Å². The van der Waals surface area contributed by atoms with Crippen molar-refractivity contribution in [3.05, 3.63) is 22.7 Å². The molecule has 0 saturated carbocycles. The maximum Gasteiger partial charge on any atom is 0.211 e. The molecule has 19 heavy (non-hydrogen) atoms. The van der Waals surface area contributed by atoms with Crippen LogP contribution >= 0.6 is 11.6 Å². The lowest BCUT2D eigenvalue weighted by molar-refractivity contribution is 0.178. The second-order valence-electron chi connectivity index (χ2n) is 4.69. The Morgan fingerprint density at radius 2 is 1.89 bits per heavy atom. The normalized spacial score (nSPS) is 18.7. The first-order chi connectivity index (χ1) is 8.84. The fourth-order valence-electron chi connectivity index (χ4n) is 2.08. The van der Waals surface area contributed by atoms with Gasteiger partial charge in [0, 0.05) is 31.9 Å². The Balaban J connectivity index is 1.96. The Labute approximate surface area is 118 Å². The molecule has 0 aromatic carbocycles. The fourth-order valence-corrected chi connectivity index (χ4v) is 3.16. The molecular formula is C11H17ClN4O2S. The van der Waals surface area contributed by atoms with Gasteiger partial charge in [-0.05, 0) is 13.0 Å². The molecule has 6 nitrogen and oxygen atoms in total. The number of rotatable bonds is 3. The Kier molecular flexibility index (Phi) is 4.39. The largest absolute Gasteiger partial charge is 0.293 e. The summed E-state index contributed by atoms with van der Waals surface area (Å²) in [7, 11) is -3.08. The van der Waals surface area contributed by atoms with E-state index < -0.39 is 10.0 Å². The van der Waals surface area contributed by atoms with Crippen LogP contribution in [0.3, 0.4) is 0 Å². The van der Waals surface area contributed by atoms with E-state index in [0.29, 0.717) is 43.7 Å². The van der Waals surface area contributed by atoms with Gasteiger partial charge in [-0.15, -0.1) is 0 Å². The molecule has 1 saturated heterocycles. The molecule has 0 amide bonds. The van der Waals surface area contributed by atoms with E-state index in [1.807, 2.05) is 6.92 Å². The Bertz CT molecular complexity index is 536. The second kappa shape index (κ2) is 5.70. The number of nitrogens with zero attached hydrogens (tertiary/aromatic N) is 4. The van der Waals surface area contributed by atoms with Gasteiger partial charge in [-0.1, -0.05) is 11.6 Å². The summed E-state index contributed by atoms with van der Waals surface area (Å²) >= 11 is 5.89. The number of hydrogen-bond acceptors (Lipinski definition) is 5. The van der Waals surface area contributed by atoms with Crippen LogP contribution in [-0.2, 0) is 16.6 Å². The van der Waals surface area contributed by atoms with E-state index in [4.69, 9.17) is 11.6 Å². The van der Waals surface area contributed by atoms with Gasteiger partial charge in [-0.2, -0.15) is 4.31 Å². The fraction of sp³-hybridized carbons (Fsp3) is 0.636. The van der Waals surface area contributed by atoms with Crippen LogP contribution in [0.1, 0.15) is 11.5 Å². The summed E-state index contributed by atoms with van der Waals surface area (Å²) in [6.07, 6.45) is 1.24. The molecule has 1 aliphatic rings. The van der Waals surface area contributed by atoms with E-state index in [9.17, 15) is 8.42 Å². The highest BCUT2D eigenvalue weighted by molar-refractivity contribution is 7.88. The first-order valence-electron chi connectivity index (χ1n) is 6.02. The van der Waals surface area contributed by atoms with Crippen LogP contribution < -0.4 is 0 Å². The molecule has 2 heterocycles. The summed E-state index contributed by atoms with van der Waals surface area (Å²) in [5, 5.41) is 0.442. The molecule has 2 rings (SSSR count). The SMILES string of the molecule is Cc1cc(Cl)nc(CN2CCN(S(C)(=O)=O)CC2)n1. The lowest BCUT2D eigenvalue weighted by Crippen LogP contribution is -2.48. The molecule has 1 fully saturated rings. The second-order valence-corrected chi connectivity index (χ2v) is 7.06. The predicted molar refractivity (Wildman–Crippen MR) is 73.5 cm³/mol. The minimum Gasteiger partial charge on any atom is -0.293 e. The average Bonchev–Trinajstić information content (AvgIpc) is 2.26.